The van der Waals surface area contributed by atoms with Crippen molar-refractivity contribution in [2.75, 3.05) is 12.9 Å². The van der Waals surface area contributed by atoms with Crippen LogP contribution >= 0.6 is 11.8 Å². The van der Waals surface area contributed by atoms with Gasteiger partial charge in [-0.15, -0.1) is 11.8 Å². The number of hydrogen-bond acceptors (Lipinski definition) is 4. The van der Waals surface area contributed by atoms with Gasteiger partial charge in [0, 0.05) is 4.90 Å². The lowest BCUT2D eigenvalue weighted by Gasteiger charge is -2.01. The van der Waals surface area contributed by atoms with E-state index in [1.165, 1.54) is 18.9 Å². The number of aliphatic carboxylic acids is 1. The molecule has 0 heterocycles. The van der Waals surface area contributed by atoms with Crippen LogP contribution in [0.25, 0.3) is 0 Å². The molecule has 0 radical (unpaired) electrons. The van der Waals surface area contributed by atoms with E-state index in [0.29, 0.717) is 5.56 Å². The molecule has 0 unspecified atom stereocenters. The molecule has 0 spiro atoms. The summed E-state index contributed by atoms with van der Waals surface area (Å²) >= 11 is 1.20. The molecule has 0 saturated carbocycles. The van der Waals surface area contributed by atoms with E-state index >= 15 is 0 Å². The van der Waals surface area contributed by atoms with Gasteiger partial charge in [-0.1, -0.05) is 0 Å². The molecule has 1 N–H and O–H groups in total. The summed E-state index contributed by atoms with van der Waals surface area (Å²) < 4.78 is 4.53. The zero-order valence-electron chi connectivity index (χ0n) is 8.10. The molecular formula is C10H10O4S. The third-order valence-electron chi connectivity index (χ3n) is 1.64. The van der Waals surface area contributed by atoms with Crippen molar-refractivity contribution >= 4 is 23.7 Å². The Kier molecular flexibility index (Phi) is 4.17. The molecule has 80 valence electrons. The monoisotopic (exact) mass is 226 g/mol. The van der Waals surface area contributed by atoms with E-state index in [-0.39, 0.29) is 5.75 Å². The van der Waals surface area contributed by atoms with Gasteiger partial charge in [0.2, 0.25) is 0 Å². The van der Waals surface area contributed by atoms with Crippen molar-refractivity contribution in [1.82, 2.24) is 0 Å². The molecule has 1 aromatic carbocycles. The summed E-state index contributed by atoms with van der Waals surface area (Å²) in [5.41, 5.74) is 0.456. The number of benzene rings is 1. The van der Waals surface area contributed by atoms with Crippen LogP contribution in [0.1, 0.15) is 10.4 Å². The molecule has 0 saturated heterocycles. The summed E-state index contributed by atoms with van der Waals surface area (Å²) in [6.07, 6.45) is 0. The molecule has 0 aliphatic carbocycles. The van der Waals surface area contributed by atoms with E-state index in [4.69, 9.17) is 5.11 Å². The molecule has 0 fully saturated rings. The van der Waals surface area contributed by atoms with Crippen molar-refractivity contribution in [1.29, 1.82) is 0 Å². The maximum atomic E-state index is 11.1. The van der Waals surface area contributed by atoms with Gasteiger partial charge in [-0.3, -0.25) is 4.79 Å². The molecule has 5 heteroatoms. The number of carbonyl (C=O) groups excluding carboxylic acids is 1. The highest BCUT2D eigenvalue weighted by atomic mass is 32.2. The van der Waals surface area contributed by atoms with Gasteiger partial charge in [0.15, 0.2) is 0 Å². The Bertz CT molecular complexity index is 358. The van der Waals surface area contributed by atoms with E-state index in [0.717, 1.165) is 4.90 Å². The Morgan fingerprint density at radius 2 is 1.93 bits per heavy atom. The second kappa shape index (κ2) is 5.41. The fourth-order valence-corrected chi connectivity index (χ4v) is 1.57. The summed E-state index contributed by atoms with van der Waals surface area (Å²) in [4.78, 5) is 22.2. The Balaban J connectivity index is 2.64. The van der Waals surface area contributed by atoms with E-state index in [1.807, 2.05) is 0 Å². The standard InChI is InChI=1S/C10H10O4S/c1-14-10(13)7-2-4-8(5-3-7)15-6-9(11)12/h2-5H,6H2,1H3,(H,11,12). The van der Waals surface area contributed by atoms with Crippen molar-refractivity contribution in [3.05, 3.63) is 29.8 Å². The third-order valence-corrected chi connectivity index (χ3v) is 2.63. The first-order chi connectivity index (χ1) is 7.13. The molecular weight excluding hydrogens is 216 g/mol. The highest BCUT2D eigenvalue weighted by Crippen LogP contribution is 2.18. The molecule has 4 nitrogen and oxygen atoms in total. The van der Waals surface area contributed by atoms with E-state index in [1.54, 1.807) is 24.3 Å². The minimum atomic E-state index is -0.864. The first-order valence-corrected chi connectivity index (χ1v) is 5.15. The van der Waals surface area contributed by atoms with Crippen molar-refractivity contribution in [2.45, 2.75) is 4.90 Å². The largest absolute Gasteiger partial charge is 0.481 e. The lowest BCUT2D eigenvalue weighted by Crippen LogP contribution is -2.00. The van der Waals surface area contributed by atoms with E-state index in [9.17, 15) is 9.59 Å². The minimum absolute atomic E-state index is 0.0115. The number of carbonyl (C=O) groups is 2. The van der Waals surface area contributed by atoms with Crippen molar-refractivity contribution in [3.8, 4) is 0 Å². The molecule has 0 aliphatic heterocycles. The summed E-state index contributed by atoms with van der Waals surface area (Å²) in [5, 5.41) is 8.46. The maximum Gasteiger partial charge on any atom is 0.337 e. The quantitative estimate of drug-likeness (QED) is 0.624. The van der Waals surface area contributed by atoms with Crippen molar-refractivity contribution < 1.29 is 19.4 Å². The van der Waals surface area contributed by atoms with Gasteiger partial charge in [0.05, 0.1) is 18.4 Å². The van der Waals surface area contributed by atoms with Gasteiger partial charge in [0.1, 0.15) is 0 Å². The molecule has 1 aromatic rings. The average molecular weight is 226 g/mol. The molecule has 0 bridgehead atoms. The number of carboxylic acids is 1. The zero-order chi connectivity index (χ0) is 11.3. The minimum Gasteiger partial charge on any atom is -0.481 e. The zero-order valence-corrected chi connectivity index (χ0v) is 8.91. The fraction of sp³-hybridized carbons (Fsp3) is 0.200. The Hall–Kier alpha value is -1.49. The highest BCUT2D eigenvalue weighted by Gasteiger charge is 2.05. The predicted octanol–water partition coefficient (Wildman–Crippen LogP) is 1.65. The van der Waals surface area contributed by atoms with Crippen molar-refractivity contribution in [2.24, 2.45) is 0 Å². The second-order valence-corrected chi connectivity index (χ2v) is 3.75. The summed E-state index contributed by atoms with van der Waals surface area (Å²) in [6.45, 7) is 0. The van der Waals surface area contributed by atoms with Gasteiger partial charge in [-0.2, -0.15) is 0 Å². The molecule has 0 aromatic heterocycles. The van der Waals surface area contributed by atoms with Gasteiger partial charge in [-0.05, 0) is 24.3 Å². The molecule has 1 rings (SSSR count). The Morgan fingerprint density at radius 1 is 1.33 bits per heavy atom. The number of hydrogen-bond donors (Lipinski definition) is 1. The normalized spacial score (nSPS) is 9.67. The number of esters is 1. The Labute approximate surface area is 91.2 Å². The molecule has 0 aliphatic rings. The average Bonchev–Trinajstić information content (AvgIpc) is 2.26. The third kappa shape index (κ3) is 3.63. The van der Waals surface area contributed by atoms with Crippen LogP contribution in [0.4, 0.5) is 0 Å². The van der Waals surface area contributed by atoms with Crippen LogP contribution in [-0.2, 0) is 9.53 Å². The number of thioether (sulfide) groups is 1. The molecule has 0 amide bonds. The first kappa shape index (κ1) is 11.6. The lowest BCUT2D eigenvalue weighted by atomic mass is 10.2. The fourth-order valence-electron chi connectivity index (χ4n) is 0.950. The van der Waals surface area contributed by atoms with Gasteiger partial charge >= 0.3 is 11.9 Å². The van der Waals surface area contributed by atoms with Crippen LogP contribution in [0, 0.1) is 0 Å². The Morgan fingerprint density at radius 3 is 2.40 bits per heavy atom. The maximum absolute atomic E-state index is 11.1. The predicted molar refractivity (Wildman–Crippen MR) is 56.1 cm³/mol. The number of rotatable bonds is 4. The van der Waals surface area contributed by atoms with Crippen LogP contribution in [0.15, 0.2) is 29.2 Å². The van der Waals surface area contributed by atoms with E-state index in [2.05, 4.69) is 4.74 Å². The van der Waals surface area contributed by atoms with Crippen LogP contribution in [0.5, 0.6) is 0 Å². The topological polar surface area (TPSA) is 63.6 Å². The van der Waals surface area contributed by atoms with Crippen LogP contribution in [-0.4, -0.2) is 29.9 Å². The molecule has 0 atom stereocenters. The number of methoxy groups -OCH3 is 1. The first-order valence-electron chi connectivity index (χ1n) is 4.16. The van der Waals surface area contributed by atoms with Crippen LogP contribution < -0.4 is 0 Å². The highest BCUT2D eigenvalue weighted by molar-refractivity contribution is 8.00. The second-order valence-electron chi connectivity index (χ2n) is 2.70. The summed E-state index contributed by atoms with van der Waals surface area (Å²) in [7, 11) is 1.31. The van der Waals surface area contributed by atoms with Crippen molar-refractivity contribution in [3.63, 3.8) is 0 Å². The van der Waals surface area contributed by atoms with Crippen LogP contribution in [0.3, 0.4) is 0 Å². The van der Waals surface area contributed by atoms with Gasteiger partial charge in [0.25, 0.3) is 0 Å². The molecule has 15 heavy (non-hydrogen) atoms. The lowest BCUT2D eigenvalue weighted by molar-refractivity contribution is -0.133. The number of carboxylic acid groups (broad SMARTS) is 1. The summed E-state index contributed by atoms with van der Waals surface area (Å²) in [5.74, 6) is -1.25. The van der Waals surface area contributed by atoms with Gasteiger partial charge in [-0.25, -0.2) is 4.79 Å². The van der Waals surface area contributed by atoms with E-state index < -0.39 is 11.9 Å². The smallest absolute Gasteiger partial charge is 0.337 e. The SMILES string of the molecule is COC(=O)c1ccc(SCC(=O)O)cc1. The summed E-state index contributed by atoms with van der Waals surface area (Å²) in [6, 6.07) is 6.60. The van der Waals surface area contributed by atoms with Crippen LogP contribution in [0.2, 0.25) is 0 Å². The number of ether oxygens (including phenoxy) is 1. The van der Waals surface area contributed by atoms with Gasteiger partial charge < -0.3 is 9.84 Å².